The van der Waals surface area contributed by atoms with Crippen molar-refractivity contribution in [3.63, 3.8) is 0 Å². The topological polar surface area (TPSA) is 50.7 Å². The van der Waals surface area contributed by atoms with Crippen LogP contribution in [0, 0.1) is 17.8 Å². The lowest BCUT2D eigenvalue weighted by Gasteiger charge is -2.29. The Labute approximate surface area is 122 Å². The number of alkyl carbamates (subject to hydrolysis) is 1. The molecular formula is C16H28N2O2. The molecule has 114 valence electrons. The number of carbonyl (C=O) groups is 1. The van der Waals surface area contributed by atoms with Gasteiger partial charge in [0.05, 0.1) is 0 Å². The molecule has 0 aromatic heterocycles. The molecule has 0 saturated heterocycles. The maximum atomic E-state index is 12.0. The monoisotopic (exact) mass is 280 g/mol. The van der Waals surface area contributed by atoms with Crippen molar-refractivity contribution in [2.75, 3.05) is 7.05 Å². The molecule has 0 aromatic carbocycles. The van der Waals surface area contributed by atoms with E-state index in [2.05, 4.69) is 23.4 Å². The molecule has 0 spiro atoms. The summed E-state index contributed by atoms with van der Waals surface area (Å²) in [4.78, 5) is 16.1. The summed E-state index contributed by atoms with van der Waals surface area (Å²) in [6, 6.07) is 0. The minimum absolute atomic E-state index is 0.105. The summed E-state index contributed by atoms with van der Waals surface area (Å²) in [6.07, 6.45) is 6.36. The molecule has 4 heteroatoms. The third-order valence-corrected chi connectivity index (χ3v) is 4.47. The first-order chi connectivity index (χ1) is 9.21. The Morgan fingerprint density at radius 3 is 2.30 bits per heavy atom. The SMILES string of the molecule is CN=CC1C[C@@H]2CC(C)(NC(=O)OC(C)(C)C)C[C@@H]2C1. The first-order valence-corrected chi connectivity index (χ1v) is 7.64. The molecule has 1 N–H and O–H groups in total. The van der Waals surface area contributed by atoms with Crippen molar-refractivity contribution in [3.05, 3.63) is 0 Å². The molecule has 0 aliphatic heterocycles. The number of carbonyl (C=O) groups excluding carboxylic acids is 1. The van der Waals surface area contributed by atoms with Crippen LogP contribution >= 0.6 is 0 Å². The van der Waals surface area contributed by atoms with Crippen LogP contribution in [0.2, 0.25) is 0 Å². The molecule has 0 bridgehead atoms. The zero-order valence-electron chi connectivity index (χ0n) is 13.4. The predicted molar refractivity (Wildman–Crippen MR) is 81.1 cm³/mol. The number of fused-ring (bicyclic) bond motifs is 1. The molecule has 1 amide bonds. The standard InChI is InChI=1S/C16H28N2O2/c1-15(2,3)20-14(19)18-16(4)8-12-6-11(10-17-5)7-13(12)9-16/h10-13H,6-9H2,1-5H3,(H,18,19)/t11?,12-,13+,16?. The van der Waals surface area contributed by atoms with Gasteiger partial charge in [0.1, 0.15) is 5.60 Å². The fraction of sp³-hybridized carbons (Fsp3) is 0.875. The summed E-state index contributed by atoms with van der Waals surface area (Å²) >= 11 is 0. The maximum absolute atomic E-state index is 12.0. The smallest absolute Gasteiger partial charge is 0.408 e. The van der Waals surface area contributed by atoms with Crippen LogP contribution in [0.15, 0.2) is 4.99 Å². The first-order valence-electron chi connectivity index (χ1n) is 7.64. The fourth-order valence-corrected chi connectivity index (χ4v) is 3.98. The van der Waals surface area contributed by atoms with Crippen molar-refractivity contribution in [2.24, 2.45) is 22.7 Å². The molecule has 20 heavy (non-hydrogen) atoms. The second kappa shape index (κ2) is 5.38. The highest BCUT2D eigenvalue weighted by Gasteiger charge is 2.47. The minimum atomic E-state index is -0.433. The average molecular weight is 280 g/mol. The highest BCUT2D eigenvalue weighted by molar-refractivity contribution is 5.69. The van der Waals surface area contributed by atoms with E-state index in [4.69, 9.17) is 4.74 Å². The van der Waals surface area contributed by atoms with Gasteiger partial charge < -0.3 is 15.0 Å². The number of rotatable bonds is 2. The van der Waals surface area contributed by atoms with Crippen molar-refractivity contribution < 1.29 is 9.53 Å². The second-order valence-electron chi connectivity index (χ2n) is 7.75. The summed E-state index contributed by atoms with van der Waals surface area (Å²) in [6.45, 7) is 7.84. The Morgan fingerprint density at radius 1 is 1.30 bits per heavy atom. The lowest BCUT2D eigenvalue weighted by atomic mass is 9.94. The lowest BCUT2D eigenvalue weighted by molar-refractivity contribution is 0.0461. The number of amides is 1. The van der Waals surface area contributed by atoms with Gasteiger partial charge in [0.25, 0.3) is 0 Å². The van der Waals surface area contributed by atoms with Gasteiger partial charge in [0.15, 0.2) is 0 Å². The average Bonchev–Trinajstić information content (AvgIpc) is 2.68. The molecule has 2 aliphatic carbocycles. The molecule has 0 radical (unpaired) electrons. The van der Waals surface area contributed by atoms with E-state index >= 15 is 0 Å². The molecule has 4 atom stereocenters. The van der Waals surface area contributed by atoms with Gasteiger partial charge in [-0.05, 0) is 71.1 Å². The van der Waals surface area contributed by atoms with Crippen LogP contribution < -0.4 is 5.32 Å². The molecule has 2 aliphatic rings. The molecule has 2 rings (SSSR count). The van der Waals surface area contributed by atoms with Gasteiger partial charge in [-0.3, -0.25) is 0 Å². The summed E-state index contributed by atoms with van der Waals surface area (Å²) in [5, 5.41) is 3.09. The van der Waals surface area contributed by atoms with Gasteiger partial charge in [0, 0.05) is 18.8 Å². The van der Waals surface area contributed by atoms with E-state index in [-0.39, 0.29) is 11.6 Å². The van der Waals surface area contributed by atoms with E-state index in [1.165, 1.54) is 12.8 Å². The van der Waals surface area contributed by atoms with E-state index in [1.807, 2.05) is 27.8 Å². The van der Waals surface area contributed by atoms with Crippen LogP contribution in [-0.4, -0.2) is 30.5 Å². The molecule has 2 unspecified atom stereocenters. The predicted octanol–water partition coefficient (Wildman–Crippen LogP) is 3.41. The molecule has 2 saturated carbocycles. The van der Waals surface area contributed by atoms with Crippen LogP contribution in [0.4, 0.5) is 4.79 Å². The van der Waals surface area contributed by atoms with E-state index in [0.717, 1.165) is 24.7 Å². The summed E-state index contributed by atoms with van der Waals surface area (Å²) in [7, 11) is 1.85. The van der Waals surface area contributed by atoms with Crippen molar-refractivity contribution in [1.29, 1.82) is 0 Å². The normalized spacial score (nSPS) is 37.1. The lowest BCUT2D eigenvalue weighted by Crippen LogP contribution is -2.46. The third kappa shape index (κ3) is 3.74. The van der Waals surface area contributed by atoms with E-state index in [0.29, 0.717) is 5.92 Å². The van der Waals surface area contributed by atoms with Gasteiger partial charge >= 0.3 is 6.09 Å². The Morgan fingerprint density at radius 2 is 1.85 bits per heavy atom. The van der Waals surface area contributed by atoms with Crippen LogP contribution in [0.5, 0.6) is 0 Å². The number of nitrogens with one attached hydrogen (secondary N) is 1. The highest BCUT2D eigenvalue weighted by Crippen LogP contribution is 2.50. The van der Waals surface area contributed by atoms with Gasteiger partial charge in [-0.1, -0.05) is 0 Å². The highest BCUT2D eigenvalue weighted by atomic mass is 16.6. The Kier molecular flexibility index (Phi) is 4.12. The molecular weight excluding hydrogens is 252 g/mol. The van der Waals surface area contributed by atoms with Crippen molar-refractivity contribution in [2.45, 2.75) is 64.5 Å². The summed E-state index contributed by atoms with van der Waals surface area (Å²) in [5.41, 5.74) is -0.538. The second-order valence-corrected chi connectivity index (χ2v) is 7.75. The zero-order valence-corrected chi connectivity index (χ0v) is 13.4. The Bertz CT molecular complexity index is 384. The number of aliphatic imine (C=N–C) groups is 1. The number of nitrogens with zero attached hydrogens (tertiary/aromatic N) is 1. The molecule has 4 nitrogen and oxygen atoms in total. The van der Waals surface area contributed by atoms with Crippen molar-refractivity contribution in [3.8, 4) is 0 Å². The summed E-state index contributed by atoms with van der Waals surface area (Å²) in [5.74, 6) is 2.08. The van der Waals surface area contributed by atoms with Gasteiger partial charge in [-0.15, -0.1) is 0 Å². The van der Waals surface area contributed by atoms with E-state index < -0.39 is 5.60 Å². The Balaban J connectivity index is 1.88. The van der Waals surface area contributed by atoms with E-state index in [9.17, 15) is 4.79 Å². The maximum Gasteiger partial charge on any atom is 0.408 e. The fourth-order valence-electron chi connectivity index (χ4n) is 3.98. The van der Waals surface area contributed by atoms with Crippen LogP contribution in [-0.2, 0) is 4.74 Å². The zero-order chi connectivity index (χ0) is 15.0. The van der Waals surface area contributed by atoms with Crippen LogP contribution in [0.3, 0.4) is 0 Å². The molecule has 0 aromatic rings. The first kappa shape index (κ1) is 15.3. The third-order valence-electron chi connectivity index (χ3n) is 4.47. The van der Waals surface area contributed by atoms with Crippen molar-refractivity contribution in [1.82, 2.24) is 5.32 Å². The van der Waals surface area contributed by atoms with Gasteiger partial charge in [-0.2, -0.15) is 0 Å². The number of hydrogen-bond donors (Lipinski definition) is 1. The number of ether oxygens (including phenoxy) is 1. The summed E-state index contributed by atoms with van der Waals surface area (Å²) < 4.78 is 5.38. The number of hydrogen-bond acceptors (Lipinski definition) is 3. The minimum Gasteiger partial charge on any atom is -0.444 e. The van der Waals surface area contributed by atoms with E-state index in [1.54, 1.807) is 0 Å². The molecule has 0 heterocycles. The van der Waals surface area contributed by atoms with Crippen molar-refractivity contribution >= 4 is 12.3 Å². The molecule has 2 fully saturated rings. The van der Waals surface area contributed by atoms with Gasteiger partial charge in [0.2, 0.25) is 0 Å². The van der Waals surface area contributed by atoms with Crippen LogP contribution in [0.25, 0.3) is 0 Å². The Hall–Kier alpha value is -1.06. The quantitative estimate of drug-likeness (QED) is 0.788. The van der Waals surface area contributed by atoms with Crippen LogP contribution in [0.1, 0.15) is 53.4 Å². The van der Waals surface area contributed by atoms with Gasteiger partial charge in [-0.25, -0.2) is 4.79 Å². The largest absolute Gasteiger partial charge is 0.444 e.